The minimum absolute atomic E-state index is 0.0958. The Kier molecular flexibility index (Phi) is 4.21. The predicted octanol–water partition coefficient (Wildman–Crippen LogP) is 2.89. The van der Waals surface area contributed by atoms with E-state index in [9.17, 15) is 10.2 Å². The molecule has 3 aromatic rings. The highest BCUT2D eigenvalue weighted by Crippen LogP contribution is 2.34. The molecule has 3 rings (SSSR count). The Balaban J connectivity index is 1.94. The third-order valence-electron chi connectivity index (χ3n) is 3.70. The van der Waals surface area contributed by atoms with Gasteiger partial charge in [0.25, 0.3) is 0 Å². The van der Waals surface area contributed by atoms with Gasteiger partial charge >= 0.3 is 0 Å². The number of phenols is 1. The third-order valence-corrected chi connectivity index (χ3v) is 3.70. The van der Waals surface area contributed by atoms with Gasteiger partial charge in [-0.1, -0.05) is 29.8 Å². The zero-order chi connectivity index (χ0) is 18.0. The summed E-state index contributed by atoms with van der Waals surface area (Å²) in [5.74, 6) is -0.248. The van der Waals surface area contributed by atoms with Gasteiger partial charge in [0, 0.05) is 17.3 Å². The fraction of sp³-hybridized carbons (Fsp3) is 0.0556. The molecule has 0 aliphatic heterocycles. The fourth-order valence-electron chi connectivity index (χ4n) is 2.37. The Labute approximate surface area is 144 Å². The largest absolute Gasteiger partial charge is 0.507 e. The average molecular weight is 335 g/mol. The van der Waals surface area contributed by atoms with Crippen LogP contribution < -0.4 is 11.1 Å². The van der Waals surface area contributed by atoms with Crippen molar-refractivity contribution in [3.8, 4) is 22.8 Å². The van der Waals surface area contributed by atoms with Gasteiger partial charge in [-0.15, -0.1) is 0 Å². The number of nitrogens with two attached hydrogens (primary N) is 1. The van der Waals surface area contributed by atoms with E-state index in [2.05, 4.69) is 15.3 Å². The second-order valence-electron chi connectivity index (χ2n) is 5.56. The number of aryl methyl sites for hydroxylation is 1. The van der Waals surface area contributed by atoms with Crippen LogP contribution in [0.5, 0.6) is 11.5 Å². The highest BCUT2D eigenvalue weighted by molar-refractivity contribution is 5.98. The van der Waals surface area contributed by atoms with E-state index in [1.807, 2.05) is 31.2 Å². The van der Waals surface area contributed by atoms with Crippen LogP contribution >= 0.6 is 0 Å². The first-order valence-electron chi connectivity index (χ1n) is 7.51. The zero-order valence-electron chi connectivity index (χ0n) is 13.5. The van der Waals surface area contributed by atoms with E-state index in [-0.39, 0.29) is 28.7 Å². The molecule has 1 heterocycles. The van der Waals surface area contributed by atoms with Crippen LogP contribution in [0.3, 0.4) is 0 Å². The lowest BCUT2D eigenvalue weighted by atomic mass is 10.1. The summed E-state index contributed by atoms with van der Waals surface area (Å²) in [5, 5.41) is 30.7. The molecule has 7 nitrogen and oxygen atoms in total. The predicted molar refractivity (Wildman–Crippen MR) is 96.3 cm³/mol. The number of aromatic nitrogens is 2. The SMILES string of the molecule is Cc1ccc(-c2ncnc(Nc3ccc(C(=N)N)c(O)c3)c2O)cc1. The van der Waals surface area contributed by atoms with Crippen molar-refractivity contribution in [2.24, 2.45) is 5.73 Å². The summed E-state index contributed by atoms with van der Waals surface area (Å²) in [7, 11) is 0. The normalized spacial score (nSPS) is 10.4. The molecule has 0 bridgehead atoms. The van der Waals surface area contributed by atoms with Gasteiger partial charge in [0.15, 0.2) is 11.6 Å². The molecule has 1 aromatic heterocycles. The van der Waals surface area contributed by atoms with E-state index < -0.39 is 0 Å². The van der Waals surface area contributed by atoms with Crippen LogP contribution in [-0.4, -0.2) is 26.0 Å². The van der Waals surface area contributed by atoms with Gasteiger partial charge in [-0.25, -0.2) is 9.97 Å². The third kappa shape index (κ3) is 3.35. The Morgan fingerprint density at radius 1 is 1.08 bits per heavy atom. The number of phenolic OH excluding ortho intramolecular Hbond substituents is 1. The molecular weight excluding hydrogens is 318 g/mol. The van der Waals surface area contributed by atoms with Gasteiger partial charge in [-0.05, 0) is 19.1 Å². The van der Waals surface area contributed by atoms with Crippen molar-refractivity contribution in [3.05, 3.63) is 59.9 Å². The summed E-state index contributed by atoms with van der Waals surface area (Å²) in [6, 6.07) is 12.2. The molecule has 25 heavy (non-hydrogen) atoms. The van der Waals surface area contributed by atoms with Crippen molar-refractivity contribution in [3.63, 3.8) is 0 Å². The van der Waals surface area contributed by atoms with E-state index in [1.54, 1.807) is 6.07 Å². The molecule has 0 atom stereocenters. The maximum atomic E-state index is 10.5. The zero-order valence-corrected chi connectivity index (χ0v) is 13.5. The molecule has 0 unspecified atom stereocenters. The second-order valence-corrected chi connectivity index (χ2v) is 5.56. The molecule has 6 N–H and O–H groups in total. The number of nitrogens with zero attached hydrogens (tertiary/aromatic N) is 2. The minimum atomic E-state index is -0.226. The van der Waals surface area contributed by atoms with Gasteiger partial charge < -0.3 is 21.3 Å². The van der Waals surface area contributed by atoms with Gasteiger partial charge in [0.05, 0.1) is 5.56 Å². The Morgan fingerprint density at radius 3 is 2.44 bits per heavy atom. The fourth-order valence-corrected chi connectivity index (χ4v) is 2.37. The van der Waals surface area contributed by atoms with Crippen molar-refractivity contribution in [2.45, 2.75) is 6.92 Å². The van der Waals surface area contributed by atoms with Crippen molar-refractivity contribution in [2.75, 3.05) is 5.32 Å². The van der Waals surface area contributed by atoms with Crippen molar-refractivity contribution in [1.29, 1.82) is 5.41 Å². The highest BCUT2D eigenvalue weighted by atomic mass is 16.3. The van der Waals surface area contributed by atoms with Gasteiger partial charge in [-0.2, -0.15) is 0 Å². The summed E-state index contributed by atoms with van der Waals surface area (Å²) < 4.78 is 0. The van der Waals surface area contributed by atoms with Crippen LogP contribution in [0.15, 0.2) is 48.8 Å². The van der Waals surface area contributed by atoms with Crippen LogP contribution in [0.1, 0.15) is 11.1 Å². The van der Waals surface area contributed by atoms with Crippen molar-refractivity contribution < 1.29 is 10.2 Å². The van der Waals surface area contributed by atoms with Gasteiger partial charge in [0.1, 0.15) is 23.6 Å². The lowest BCUT2D eigenvalue weighted by Gasteiger charge is -2.11. The van der Waals surface area contributed by atoms with Crippen molar-refractivity contribution in [1.82, 2.24) is 9.97 Å². The van der Waals surface area contributed by atoms with E-state index in [0.29, 0.717) is 11.4 Å². The van der Waals surface area contributed by atoms with Crippen LogP contribution in [0.25, 0.3) is 11.3 Å². The molecule has 0 fully saturated rings. The van der Waals surface area contributed by atoms with E-state index >= 15 is 0 Å². The monoisotopic (exact) mass is 335 g/mol. The Bertz CT molecular complexity index is 939. The summed E-state index contributed by atoms with van der Waals surface area (Å²) >= 11 is 0. The molecule has 0 amide bonds. The molecule has 0 aliphatic carbocycles. The molecule has 0 aliphatic rings. The molecule has 0 radical (unpaired) electrons. The molecular formula is C18H17N5O2. The first-order valence-corrected chi connectivity index (χ1v) is 7.51. The molecule has 7 heteroatoms. The minimum Gasteiger partial charge on any atom is -0.507 e. The van der Waals surface area contributed by atoms with Crippen LogP contribution in [0.4, 0.5) is 11.5 Å². The lowest BCUT2D eigenvalue weighted by Crippen LogP contribution is -2.11. The number of aromatic hydroxyl groups is 2. The van der Waals surface area contributed by atoms with Crippen LogP contribution in [-0.2, 0) is 0 Å². The number of benzene rings is 2. The summed E-state index contributed by atoms with van der Waals surface area (Å²) in [4.78, 5) is 8.18. The second kappa shape index (κ2) is 6.48. The Morgan fingerprint density at radius 2 is 1.80 bits per heavy atom. The molecule has 2 aromatic carbocycles. The summed E-state index contributed by atoms with van der Waals surface area (Å²) in [6.45, 7) is 1.98. The van der Waals surface area contributed by atoms with Crippen LogP contribution in [0.2, 0.25) is 0 Å². The number of hydrogen-bond donors (Lipinski definition) is 5. The standard InChI is InChI=1S/C18H17N5O2/c1-10-2-4-11(5-3-10)15-16(25)18(22-9-21-15)23-12-6-7-13(17(19)20)14(24)8-12/h2-9,24-25H,1H3,(H3,19,20)(H,21,22,23). The topological polar surface area (TPSA) is 128 Å². The number of nitrogen functional groups attached to an aromatic ring is 1. The number of anilines is 2. The number of hydrogen-bond acceptors (Lipinski definition) is 6. The lowest BCUT2D eigenvalue weighted by molar-refractivity contribution is 0.473. The molecule has 0 saturated carbocycles. The van der Waals surface area contributed by atoms with Crippen molar-refractivity contribution >= 4 is 17.3 Å². The van der Waals surface area contributed by atoms with Gasteiger partial charge in [-0.3, -0.25) is 5.41 Å². The number of amidine groups is 1. The number of rotatable bonds is 4. The molecule has 126 valence electrons. The molecule has 0 saturated heterocycles. The van der Waals surface area contributed by atoms with Crippen LogP contribution in [0, 0.1) is 12.3 Å². The van der Waals surface area contributed by atoms with E-state index in [4.69, 9.17) is 11.1 Å². The maximum Gasteiger partial charge on any atom is 0.185 e. The first-order chi connectivity index (χ1) is 12.0. The first kappa shape index (κ1) is 16.3. The number of nitrogens with one attached hydrogen (secondary N) is 2. The van der Waals surface area contributed by atoms with Gasteiger partial charge in [0.2, 0.25) is 0 Å². The highest BCUT2D eigenvalue weighted by Gasteiger charge is 2.13. The maximum absolute atomic E-state index is 10.5. The van der Waals surface area contributed by atoms with E-state index in [1.165, 1.54) is 18.5 Å². The quantitative estimate of drug-likeness (QED) is 0.368. The summed E-state index contributed by atoms with van der Waals surface area (Å²) in [5.41, 5.74) is 8.38. The summed E-state index contributed by atoms with van der Waals surface area (Å²) in [6.07, 6.45) is 1.35. The van der Waals surface area contributed by atoms with E-state index in [0.717, 1.165) is 11.1 Å². The molecule has 0 spiro atoms. The smallest absolute Gasteiger partial charge is 0.185 e. The Hall–Kier alpha value is -3.61. The average Bonchev–Trinajstić information content (AvgIpc) is 2.57.